The van der Waals surface area contributed by atoms with Crippen LogP contribution in [0.1, 0.15) is 24.0 Å². The number of phenolic OH excluding ortho intramolecular Hbond substituents is 1. The Morgan fingerprint density at radius 3 is 2.34 bits per heavy atom. The number of hydrogen-bond donors (Lipinski definition) is 6. The highest BCUT2D eigenvalue weighted by Crippen LogP contribution is 2.55. The van der Waals surface area contributed by atoms with Gasteiger partial charge in [-0.25, -0.2) is 0 Å². The van der Waals surface area contributed by atoms with Crippen LogP contribution in [0.3, 0.4) is 0 Å². The molecule has 10 heteroatoms. The molecular weight excluding hydrogens is 420 g/mol. The molecule has 1 aromatic carbocycles. The molecule has 170 valence electrons. The Morgan fingerprint density at radius 2 is 1.78 bits per heavy atom. The van der Waals surface area contributed by atoms with E-state index in [-0.39, 0.29) is 11.3 Å². The van der Waals surface area contributed by atoms with Crippen molar-refractivity contribution in [3.8, 4) is 5.75 Å². The van der Waals surface area contributed by atoms with Crippen molar-refractivity contribution in [2.45, 2.75) is 30.6 Å². The lowest BCUT2D eigenvalue weighted by molar-refractivity contribution is -0.169. The fourth-order valence-electron chi connectivity index (χ4n) is 5.58. The fourth-order valence-corrected chi connectivity index (χ4v) is 5.58. The van der Waals surface area contributed by atoms with E-state index in [9.17, 15) is 39.9 Å². The summed E-state index contributed by atoms with van der Waals surface area (Å²) in [6.45, 7) is 1.68. The van der Waals surface area contributed by atoms with Crippen LogP contribution in [0.5, 0.6) is 5.75 Å². The molecule has 0 heterocycles. The number of aromatic hydroxyl groups is 1. The number of aliphatic hydroxyl groups excluding tert-OH is 3. The Bertz CT molecular complexity index is 1140. The second-order valence-corrected chi connectivity index (χ2v) is 8.79. The van der Waals surface area contributed by atoms with Gasteiger partial charge in [0.25, 0.3) is 5.91 Å². The van der Waals surface area contributed by atoms with Crippen LogP contribution in [0.4, 0.5) is 0 Å². The maximum Gasteiger partial charge on any atom is 0.255 e. The average Bonchev–Trinajstić information content (AvgIpc) is 2.70. The molecule has 3 aliphatic rings. The topological polar surface area (TPSA) is 182 Å². The van der Waals surface area contributed by atoms with Crippen LogP contribution in [-0.4, -0.2) is 79.7 Å². The first-order valence-electron chi connectivity index (χ1n) is 10.0. The lowest BCUT2D eigenvalue weighted by Gasteiger charge is -2.53. The first-order chi connectivity index (χ1) is 14.9. The molecule has 4 rings (SSSR count). The van der Waals surface area contributed by atoms with E-state index in [0.29, 0.717) is 5.56 Å². The molecule has 1 fully saturated rings. The summed E-state index contributed by atoms with van der Waals surface area (Å²) in [6, 6.07) is 3.13. The van der Waals surface area contributed by atoms with Gasteiger partial charge >= 0.3 is 0 Å². The first-order valence-corrected chi connectivity index (χ1v) is 10.0. The van der Waals surface area contributed by atoms with E-state index in [1.807, 2.05) is 0 Å². The number of aliphatic hydroxyl groups is 4. The normalized spacial score (nSPS) is 34.4. The van der Waals surface area contributed by atoms with Crippen molar-refractivity contribution in [2.24, 2.45) is 17.6 Å². The zero-order valence-electron chi connectivity index (χ0n) is 17.6. The number of carbonyl (C=O) groups is 3. The highest BCUT2D eigenvalue weighted by molar-refractivity contribution is 6.24. The number of fused-ring (bicyclic) bond motifs is 3. The van der Waals surface area contributed by atoms with Gasteiger partial charge in [-0.2, -0.15) is 0 Å². The Hall–Kier alpha value is -3.21. The van der Waals surface area contributed by atoms with E-state index in [4.69, 9.17) is 5.73 Å². The van der Waals surface area contributed by atoms with Crippen molar-refractivity contribution in [1.29, 1.82) is 0 Å². The number of Topliss-reactive ketones (excluding diaryl/α,β-unsaturated/α-hetero) is 2. The fraction of sp³-hybridized carbons (Fsp3) is 0.409. The van der Waals surface area contributed by atoms with Crippen LogP contribution in [0.15, 0.2) is 35.1 Å². The van der Waals surface area contributed by atoms with E-state index in [1.54, 1.807) is 19.1 Å². The number of carbonyl (C=O) groups excluding carboxylic acids is 3. The Balaban J connectivity index is 2.07. The molecule has 0 radical (unpaired) electrons. The Labute approximate surface area is 182 Å². The predicted octanol–water partition coefficient (Wildman–Crippen LogP) is -0.504. The van der Waals surface area contributed by atoms with Crippen LogP contribution >= 0.6 is 0 Å². The summed E-state index contributed by atoms with van der Waals surface area (Å²) < 4.78 is 0. The third-order valence-electron chi connectivity index (χ3n) is 6.99. The standard InChI is InChI=1S/C22H24N2O8/c1-7-8-5-4-6-9(25)11(8)16(26)12-10(7)17(27)14-15(24(2)3)18(28)13(21(23)31)20(30)22(14,32)19(12)29/h4-7,10,14-15,17,25-27,30,32H,1-3H3,(H2,23,31)/t7-,10-,14+,15-,17-,22-/m1/s1. The van der Waals surface area contributed by atoms with Gasteiger partial charge < -0.3 is 31.3 Å². The maximum absolute atomic E-state index is 13.7. The van der Waals surface area contributed by atoms with Crippen molar-refractivity contribution >= 4 is 23.2 Å². The summed E-state index contributed by atoms with van der Waals surface area (Å²) in [4.78, 5) is 40.0. The molecule has 1 amide bonds. The van der Waals surface area contributed by atoms with E-state index in [1.165, 1.54) is 25.1 Å². The third-order valence-corrected chi connectivity index (χ3v) is 6.99. The summed E-state index contributed by atoms with van der Waals surface area (Å²) in [5, 5.41) is 54.9. The number of rotatable bonds is 2. The largest absolute Gasteiger partial charge is 0.508 e. The van der Waals surface area contributed by atoms with Gasteiger partial charge in [0.1, 0.15) is 22.8 Å². The number of hydrogen-bond acceptors (Lipinski definition) is 9. The zero-order chi connectivity index (χ0) is 23.9. The number of phenols is 1. The quantitative estimate of drug-likeness (QED) is 0.327. The first kappa shape index (κ1) is 22.0. The summed E-state index contributed by atoms with van der Waals surface area (Å²) in [5.41, 5.74) is 1.47. The maximum atomic E-state index is 13.7. The molecule has 0 aliphatic heterocycles. The molecule has 7 N–H and O–H groups in total. The summed E-state index contributed by atoms with van der Waals surface area (Å²) in [6.07, 6.45) is -1.59. The molecule has 1 aromatic rings. The predicted molar refractivity (Wildman–Crippen MR) is 110 cm³/mol. The second kappa shape index (κ2) is 6.89. The van der Waals surface area contributed by atoms with Crippen molar-refractivity contribution in [2.75, 3.05) is 14.1 Å². The molecule has 0 spiro atoms. The van der Waals surface area contributed by atoms with Crippen molar-refractivity contribution < 1.29 is 39.9 Å². The zero-order valence-corrected chi connectivity index (χ0v) is 17.6. The lowest BCUT2D eigenvalue weighted by Crippen LogP contribution is -2.70. The summed E-state index contributed by atoms with van der Waals surface area (Å²) in [5.74, 6) is -8.87. The minimum Gasteiger partial charge on any atom is -0.508 e. The number of likely N-dealkylation sites (N-methyl/N-ethyl adjacent to an activating group) is 1. The molecule has 0 aromatic heterocycles. The van der Waals surface area contributed by atoms with Crippen LogP contribution in [-0.2, 0) is 14.4 Å². The molecule has 0 unspecified atom stereocenters. The Morgan fingerprint density at radius 1 is 1.16 bits per heavy atom. The summed E-state index contributed by atoms with van der Waals surface area (Å²) >= 11 is 0. The van der Waals surface area contributed by atoms with E-state index < -0.39 is 75.6 Å². The number of benzene rings is 1. The molecule has 6 atom stereocenters. The molecule has 3 aliphatic carbocycles. The van der Waals surface area contributed by atoms with Crippen LogP contribution < -0.4 is 5.73 Å². The van der Waals surface area contributed by atoms with E-state index in [2.05, 4.69) is 0 Å². The van der Waals surface area contributed by atoms with Crippen LogP contribution in [0.25, 0.3) is 5.76 Å². The van der Waals surface area contributed by atoms with Crippen molar-refractivity contribution in [3.63, 3.8) is 0 Å². The van der Waals surface area contributed by atoms with Crippen molar-refractivity contribution in [1.82, 2.24) is 4.90 Å². The highest BCUT2D eigenvalue weighted by atomic mass is 16.4. The molecular formula is C22H24N2O8. The second-order valence-electron chi connectivity index (χ2n) is 8.79. The smallest absolute Gasteiger partial charge is 0.255 e. The minimum atomic E-state index is -2.89. The molecule has 0 bridgehead atoms. The lowest BCUT2D eigenvalue weighted by atomic mass is 9.54. The number of nitrogens with zero attached hydrogens (tertiary/aromatic N) is 1. The van der Waals surface area contributed by atoms with Gasteiger partial charge in [-0.05, 0) is 31.6 Å². The van der Waals surface area contributed by atoms with Gasteiger partial charge in [0.2, 0.25) is 5.78 Å². The minimum absolute atomic E-state index is 0.0245. The van der Waals surface area contributed by atoms with Gasteiger partial charge in [-0.1, -0.05) is 19.1 Å². The van der Waals surface area contributed by atoms with Gasteiger partial charge in [-0.3, -0.25) is 19.3 Å². The average molecular weight is 444 g/mol. The van der Waals surface area contributed by atoms with Crippen LogP contribution in [0, 0.1) is 11.8 Å². The number of primary amides is 1. The number of ketones is 2. The van der Waals surface area contributed by atoms with E-state index in [0.717, 1.165) is 0 Å². The van der Waals surface area contributed by atoms with Gasteiger partial charge in [-0.15, -0.1) is 0 Å². The van der Waals surface area contributed by atoms with Crippen molar-refractivity contribution in [3.05, 3.63) is 46.2 Å². The Kier molecular flexibility index (Phi) is 4.74. The number of nitrogens with two attached hydrogens (primary N) is 1. The molecule has 32 heavy (non-hydrogen) atoms. The van der Waals surface area contributed by atoms with Gasteiger partial charge in [0.15, 0.2) is 11.4 Å². The molecule has 0 saturated heterocycles. The monoisotopic (exact) mass is 444 g/mol. The number of amides is 1. The van der Waals surface area contributed by atoms with Gasteiger partial charge in [0, 0.05) is 11.5 Å². The van der Waals surface area contributed by atoms with Gasteiger partial charge in [0.05, 0.1) is 23.6 Å². The van der Waals surface area contributed by atoms with E-state index >= 15 is 0 Å². The molecule has 1 saturated carbocycles. The third kappa shape index (κ3) is 2.48. The SMILES string of the molecule is C[C@@H]1c2cccc(O)c2C(O)=C2C(=O)[C@@]3(O)C(O)=C(C(N)=O)C(=O)[C@H](N(C)C)[C@H]3[C@H](O)[C@@H]21. The van der Waals surface area contributed by atoms with Crippen LogP contribution in [0.2, 0.25) is 0 Å². The molecule has 10 nitrogen and oxygen atoms in total. The summed E-state index contributed by atoms with van der Waals surface area (Å²) in [7, 11) is 2.92. The highest BCUT2D eigenvalue weighted by Gasteiger charge is 2.68.